The number of nitrogens with zero attached hydrogens (tertiary/aromatic N) is 1. The number of esters is 1. The van der Waals surface area contributed by atoms with Crippen LogP contribution in [0.15, 0.2) is 65.3 Å². The summed E-state index contributed by atoms with van der Waals surface area (Å²) in [5.41, 5.74) is 1.67. The van der Waals surface area contributed by atoms with Crippen LogP contribution in [-0.2, 0) is 9.53 Å². The molecule has 0 bridgehead atoms. The van der Waals surface area contributed by atoms with Gasteiger partial charge in [0.2, 0.25) is 5.90 Å². The van der Waals surface area contributed by atoms with Crippen molar-refractivity contribution >= 4 is 41.1 Å². The molecule has 6 heteroatoms. The molecular weight excluding hydrogens is 361 g/mol. The zero-order chi connectivity index (χ0) is 17.8. The van der Waals surface area contributed by atoms with Gasteiger partial charge in [0.1, 0.15) is 5.75 Å². The minimum absolute atomic E-state index is 0.195. The fourth-order valence-electron chi connectivity index (χ4n) is 2.22. The fraction of sp³-hybridized carbons (Fsp3) is 0.0526. The van der Waals surface area contributed by atoms with Crippen molar-refractivity contribution in [2.75, 3.05) is 7.11 Å². The van der Waals surface area contributed by atoms with Crippen LogP contribution >= 0.6 is 23.2 Å². The van der Waals surface area contributed by atoms with Crippen LogP contribution in [-0.4, -0.2) is 19.0 Å². The highest BCUT2D eigenvalue weighted by molar-refractivity contribution is 6.42. The molecule has 0 aromatic heterocycles. The highest BCUT2D eigenvalue weighted by atomic mass is 35.5. The van der Waals surface area contributed by atoms with Gasteiger partial charge in [-0.3, -0.25) is 0 Å². The van der Waals surface area contributed by atoms with Crippen molar-refractivity contribution in [2.24, 2.45) is 4.99 Å². The predicted molar refractivity (Wildman–Crippen MR) is 99.2 cm³/mol. The summed E-state index contributed by atoms with van der Waals surface area (Å²) in [7, 11) is 1.60. The molecule has 0 unspecified atom stereocenters. The molecule has 3 rings (SSSR count). The van der Waals surface area contributed by atoms with Crippen LogP contribution in [0.3, 0.4) is 0 Å². The number of para-hydroxylation sites is 1. The van der Waals surface area contributed by atoms with Gasteiger partial charge in [0.05, 0.1) is 17.2 Å². The number of aliphatic imine (C=N–C) groups is 1. The van der Waals surface area contributed by atoms with Crippen molar-refractivity contribution in [1.82, 2.24) is 0 Å². The van der Waals surface area contributed by atoms with Gasteiger partial charge < -0.3 is 9.47 Å². The minimum Gasteiger partial charge on any atom is -0.496 e. The third-order valence-electron chi connectivity index (χ3n) is 3.46. The molecule has 2 aromatic carbocycles. The van der Waals surface area contributed by atoms with Gasteiger partial charge in [-0.1, -0.05) is 53.6 Å². The summed E-state index contributed by atoms with van der Waals surface area (Å²) in [5.74, 6) is 0.414. The van der Waals surface area contributed by atoms with Gasteiger partial charge in [0.25, 0.3) is 0 Å². The Morgan fingerprint density at radius 3 is 2.68 bits per heavy atom. The molecule has 0 radical (unpaired) electrons. The summed E-state index contributed by atoms with van der Waals surface area (Å²) in [4.78, 5) is 16.2. The van der Waals surface area contributed by atoms with Gasteiger partial charge >= 0.3 is 5.97 Å². The highest BCUT2D eigenvalue weighted by Crippen LogP contribution is 2.25. The molecule has 0 amide bonds. The molecule has 0 aliphatic carbocycles. The van der Waals surface area contributed by atoms with E-state index in [-0.39, 0.29) is 11.6 Å². The lowest BCUT2D eigenvalue weighted by atomic mass is 10.2. The Labute approximate surface area is 155 Å². The molecule has 0 saturated heterocycles. The third kappa shape index (κ3) is 3.92. The number of methoxy groups -OCH3 is 1. The SMILES string of the molecule is COc1ccccc1/C=C/C=C1\N=C(c2ccc(Cl)c(Cl)c2)OC1=O. The van der Waals surface area contributed by atoms with Crippen molar-refractivity contribution < 1.29 is 14.3 Å². The maximum atomic E-state index is 12.0. The normalized spacial score (nSPS) is 15.6. The summed E-state index contributed by atoms with van der Waals surface area (Å²) in [6.45, 7) is 0. The van der Waals surface area contributed by atoms with E-state index in [1.54, 1.807) is 37.5 Å². The van der Waals surface area contributed by atoms with Crippen LogP contribution in [0.4, 0.5) is 0 Å². The minimum atomic E-state index is -0.522. The average Bonchev–Trinajstić information content (AvgIpc) is 2.98. The Balaban J connectivity index is 1.83. The van der Waals surface area contributed by atoms with Crippen molar-refractivity contribution in [3.63, 3.8) is 0 Å². The number of hydrogen-bond acceptors (Lipinski definition) is 4. The van der Waals surface area contributed by atoms with E-state index in [0.717, 1.165) is 11.3 Å². The van der Waals surface area contributed by atoms with Gasteiger partial charge in [0.15, 0.2) is 5.70 Å². The van der Waals surface area contributed by atoms with E-state index in [2.05, 4.69) is 4.99 Å². The van der Waals surface area contributed by atoms with E-state index >= 15 is 0 Å². The number of cyclic esters (lactones) is 1. The molecule has 0 fully saturated rings. The van der Waals surface area contributed by atoms with Crippen molar-refractivity contribution in [3.05, 3.63) is 81.5 Å². The Bertz CT molecular complexity index is 917. The zero-order valence-corrected chi connectivity index (χ0v) is 14.7. The lowest BCUT2D eigenvalue weighted by molar-refractivity contribution is -0.130. The van der Waals surface area contributed by atoms with Crippen LogP contribution in [0.5, 0.6) is 5.75 Å². The quantitative estimate of drug-likeness (QED) is 0.565. The molecule has 0 N–H and O–H groups in total. The lowest BCUT2D eigenvalue weighted by Gasteiger charge is -2.02. The van der Waals surface area contributed by atoms with Gasteiger partial charge in [-0.05, 0) is 30.3 Å². The molecular formula is C19H13Cl2NO3. The van der Waals surface area contributed by atoms with E-state index in [9.17, 15) is 4.79 Å². The molecule has 1 aliphatic rings. The Hall–Kier alpha value is -2.56. The average molecular weight is 374 g/mol. The maximum Gasteiger partial charge on any atom is 0.363 e. The first-order valence-corrected chi connectivity index (χ1v) is 8.12. The molecule has 0 spiro atoms. The predicted octanol–water partition coefficient (Wildman–Crippen LogP) is 4.90. The number of benzene rings is 2. The second-order valence-corrected chi connectivity index (χ2v) is 5.90. The van der Waals surface area contributed by atoms with Gasteiger partial charge in [0, 0.05) is 11.1 Å². The van der Waals surface area contributed by atoms with E-state index in [0.29, 0.717) is 15.6 Å². The molecule has 0 atom stereocenters. The highest BCUT2D eigenvalue weighted by Gasteiger charge is 2.23. The standard InChI is InChI=1S/C19H13Cl2NO3/c1-24-17-8-3-2-5-12(17)6-4-7-16-19(23)25-18(22-16)13-9-10-14(20)15(21)11-13/h2-11H,1H3/b6-4+,16-7-. The van der Waals surface area contributed by atoms with E-state index in [1.165, 1.54) is 0 Å². The van der Waals surface area contributed by atoms with Gasteiger partial charge in [-0.25, -0.2) is 9.79 Å². The molecule has 0 saturated carbocycles. The Morgan fingerprint density at radius 2 is 1.92 bits per heavy atom. The van der Waals surface area contributed by atoms with Crippen LogP contribution in [0, 0.1) is 0 Å². The summed E-state index contributed by atoms with van der Waals surface area (Å²) < 4.78 is 10.5. The molecule has 25 heavy (non-hydrogen) atoms. The van der Waals surface area contributed by atoms with Crippen LogP contribution in [0.2, 0.25) is 10.0 Å². The smallest absolute Gasteiger partial charge is 0.363 e. The number of halogens is 2. The summed E-state index contributed by atoms with van der Waals surface area (Å²) in [5, 5.41) is 0.789. The molecule has 126 valence electrons. The number of hydrogen-bond donors (Lipinski definition) is 0. The first-order chi connectivity index (χ1) is 12.1. The van der Waals surface area contributed by atoms with Crippen molar-refractivity contribution in [1.29, 1.82) is 0 Å². The van der Waals surface area contributed by atoms with Crippen LogP contribution in [0.1, 0.15) is 11.1 Å². The first kappa shape index (κ1) is 17.3. The van der Waals surface area contributed by atoms with E-state index in [1.807, 2.05) is 30.3 Å². The second kappa shape index (κ2) is 7.55. The summed E-state index contributed by atoms with van der Waals surface area (Å²) in [6.07, 6.45) is 5.13. The summed E-state index contributed by atoms with van der Waals surface area (Å²) >= 11 is 11.9. The number of ether oxygens (including phenoxy) is 2. The van der Waals surface area contributed by atoms with Crippen molar-refractivity contribution in [3.8, 4) is 5.75 Å². The number of carbonyl (C=O) groups is 1. The first-order valence-electron chi connectivity index (χ1n) is 7.36. The third-order valence-corrected chi connectivity index (χ3v) is 4.19. The monoisotopic (exact) mass is 373 g/mol. The Morgan fingerprint density at radius 1 is 1.12 bits per heavy atom. The summed E-state index contributed by atoms with van der Waals surface area (Å²) in [6, 6.07) is 12.5. The molecule has 1 aliphatic heterocycles. The largest absolute Gasteiger partial charge is 0.496 e. The number of allylic oxidation sites excluding steroid dienone is 2. The second-order valence-electron chi connectivity index (χ2n) is 5.09. The fourth-order valence-corrected chi connectivity index (χ4v) is 2.52. The zero-order valence-electron chi connectivity index (χ0n) is 13.2. The van der Waals surface area contributed by atoms with Gasteiger partial charge in [-0.15, -0.1) is 0 Å². The lowest BCUT2D eigenvalue weighted by Crippen LogP contribution is -2.05. The van der Waals surface area contributed by atoms with Crippen LogP contribution < -0.4 is 4.74 Å². The topological polar surface area (TPSA) is 47.9 Å². The van der Waals surface area contributed by atoms with E-state index in [4.69, 9.17) is 32.7 Å². The molecule has 4 nitrogen and oxygen atoms in total. The maximum absolute atomic E-state index is 12.0. The molecule has 1 heterocycles. The van der Waals surface area contributed by atoms with Crippen LogP contribution in [0.25, 0.3) is 6.08 Å². The van der Waals surface area contributed by atoms with Gasteiger partial charge in [-0.2, -0.15) is 0 Å². The molecule has 2 aromatic rings. The van der Waals surface area contributed by atoms with E-state index < -0.39 is 5.97 Å². The van der Waals surface area contributed by atoms with Crippen molar-refractivity contribution in [2.45, 2.75) is 0 Å². The number of rotatable bonds is 4. The number of carbonyl (C=O) groups excluding carboxylic acids is 1. The Kier molecular flexibility index (Phi) is 5.22.